The summed E-state index contributed by atoms with van der Waals surface area (Å²) in [4.78, 5) is 39.1. The van der Waals surface area contributed by atoms with Gasteiger partial charge in [-0.1, -0.05) is 12.1 Å². The van der Waals surface area contributed by atoms with Crippen LogP contribution < -0.4 is 10.6 Å². The van der Waals surface area contributed by atoms with Gasteiger partial charge in [-0.25, -0.2) is 12.8 Å². The van der Waals surface area contributed by atoms with E-state index in [-0.39, 0.29) is 55.7 Å². The van der Waals surface area contributed by atoms with Gasteiger partial charge in [0.1, 0.15) is 11.9 Å². The Balaban J connectivity index is 1.31. The van der Waals surface area contributed by atoms with Crippen LogP contribution in [-0.2, 0) is 19.6 Å². The molecule has 2 aliphatic rings. The van der Waals surface area contributed by atoms with E-state index in [2.05, 4.69) is 10.6 Å². The highest BCUT2D eigenvalue weighted by atomic mass is 32.2. The SMILES string of the molecule is O=C1N[C@@H](CCC(=O)N2CCN(S(=O)(=O)c3ccc(F)cc3)CC2)C(=O)Nc2ccccc21. The zero-order valence-corrected chi connectivity index (χ0v) is 18.5. The van der Waals surface area contributed by atoms with Gasteiger partial charge in [-0.05, 0) is 42.8 Å². The first kappa shape index (κ1) is 22.9. The molecule has 174 valence electrons. The quantitative estimate of drug-likeness (QED) is 0.676. The molecule has 0 saturated carbocycles. The third kappa shape index (κ3) is 4.88. The number of para-hydroxylation sites is 1. The Kier molecular flexibility index (Phi) is 6.43. The van der Waals surface area contributed by atoms with Crippen molar-refractivity contribution >= 4 is 33.4 Å². The number of carbonyl (C=O) groups is 3. The molecule has 2 aromatic carbocycles. The summed E-state index contributed by atoms with van der Waals surface area (Å²) in [5.74, 6) is -1.53. The van der Waals surface area contributed by atoms with Gasteiger partial charge in [0.15, 0.2) is 0 Å². The van der Waals surface area contributed by atoms with E-state index in [1.54, 1.807) is 29.2 Å². The van der Waals surface area contributed by atoms with Crippen molar-refractivity contribution in [3.63, 3.8) is 0 Å². The predicted molar refractivity (Wildman–Crippen MR) is 117 cm³/mol. The molecular formula is C22H23FN4O5S. The van der Waals surface area contributed by atoms with Crippen molar-refractivity contribution in [2.75, 3.05) is 31.5 Å². The molecule has 0 aliphatic carbocycles. The topological polar surface area (TPSA) is 116 Å². The number of piperazine rings is 1. The average molecular weight is 475 g/mol. The Morgan fingerprint density at radius 2 is 1.67 bits per heavy atom. The van der Waals surface area contributed by atoms with Crippen LogP contribution in [0.15, 0.2) is 53.4 Å². The lowest BCUT2D eigenvalue weighted by Gasteiger charge is -2.34. The maximum atomic E-state index is 13.1. The zero-order chi connectivity index (χ0) is 23.6. The summed E-state index contributed by atoms with van der Waals surface area (Å²) in [6, 6.07) is 10.4. The highest BCUT2D eigenvalue weighted by molar-refractivity contribution is 7.89. The molecule has 1 saturated heterocycles. The van der Waals surface area contributed by atoms with E-state index in [9.17, 15) is 27.2 Å². The van der Waals surface area contributed by atoms with Gasteiger partial charge in [0.05, 0.1) is 16.1 Å². The van der Waals surface area contributed by atoms with Crippen molar-refractivity contribution in [2.45, 2.75) is 23.8 Å². The summed E-state index contributed by atoms with van der Waals surface area (Å²) in [7, 11) is -3.77. The van der Waals surface area contributed by atoms with Crippen molar-refractivity contribution in [3.8, 4) is 0 Å². The molecule has 0 bridgehead atoms. The Hall–Kier alpha value is -3.31. The largest absolute Gasteiger partial charge is 0.340 e. The number of hydrogen-bond acceptors (Lipinski definition) is 5. The first-order valence-corrected chi connectivity index (χ1v) is 11.9. The number of halogens is 1. The lowest BCUT2D eigenvalue weighted by molar-refractivity contribution is -0.132. The van der Waals surface area contributed by atoms with Gasteiger partial charge in [0.2, 0.25) is 21.8 Å². The van der Waals surface area contributed by atoms with Crippen LogP contribution in [0.4, 0.5) is 10.1 Å². The fraction of sp³-hybridized carbons (Fsp3) is 0.318. The molecule has 4 rings (SSSR count). The van der Waals surface area contributed by atoms with Crippen molar-refractivity contribution in [2.24, 2.45) is 0 Å². The highest BCUT2D eigenvalue weighted by Gasteiger charge is 2.32. The minimum absolute atomic E-state index is 0.000194. The highest BCUT2D eigenvalue weighted by Crippen LogP contribution is 2.21. The number of benzene rings is 2. The number of carbonyl (C=O) groups excluding carboxylic acids is 3. The van der Waals surface area contributed by atoms with Crippen LogP contribution in [0.25, 0.3) is 0 Å². The maximum absolute atomic E-state index is 13.1. The molecule has 0 unspecified atom stereocenters. The van der Waals surface area contributed by atoms with Gasteiger partial charge >= 0.3 is 0 Å². The normalized spacial score (nSPS) is 19.3. The number of anilines is 1. The molecule has 9 nitrogen and oxygen atoms in total. The van der Waals surface area contributed by atoms with Crippen molar-refractivity contribution in [3.05, 3.63) is 59.9 Å². The van der Waals surface area contributed by atoms with Crippen LogP contribution in [0, 0.1) is 5.82 Å². The molecule has 2 aromatic rings. The van der Waals surface area contributed by atoms with Crippen LogP contribution in [0.5, 0.6) is 0 Å². The minimum Gasteiger partial charge on any atom is -0.340 e. The average Bonchev–Trinajstić information content (AvgIpc) is 2.93. The van der Waals surface area contributed by atoms with Crippen molar-refractivity contribution in [1.82, 2.24) is 14.5 Å². The van der Waals surface area contributed by atoms with Crippen molar-refractivity contribution in [1.29, 1.82) is 0 Å². The standard InChI is InChI=1S/C22H23FN4O5S/c23-15-5-7-16(8-6-15)33(31,32)27-13-11-26(12-14-27)20(28)10-9-19-22(30)24-18-4-2-1-3-17(18)21(29)25-19/h1-8,19H,9-14H2,(H,24,30)(H,25,29)/t19-/m0/s1. The summed E-state index contributed by atoms with van der Waals surface area (Å²) in [6.07, 6.45) is 0.151. The summed E-state index contributed by atoms with van der Waals surface area (Å²) in [5.41, 5.74) is 0.783. The third-order valence-corrected chi connectivity index (χ3v) is 7.65. The predicted octanol–water partition coefficient (Wildman–Crippen LogP) is 1.19. The van der Waals surface area contributed by atoms with Crippen LogP contribution in [0.1, 0.15) is 23.2 Å². The maximum Gasteiger partial charge on any atom is 0.254 e. The molecular weight excluding hydrogens is 451 g/mol. The minimum atomic E-state index is -3.77. The number of rotatable bonds is 5. The second kappa shape index (κ2) is 9.28. The van der Waals surface area contributed by atoms with E-state index in [0.717, 1.165) is 12.1 Å². The molecule has 11 heteroatoms. The van der Waals surface area contributed by atoms with Gasteiger partial charge in [0.25, 0.3) is 5.91 Å². The molecule has 3 amide bonds. The van der Waals surface area contributed by atoms with E-state index in [1.807, 2.05) is 0 Å². The molecule has 1 fully saturated rings. The van der Waals surface area contributed by atoms with E-state index >= 15 is 0 Å². The zero-order valence-electron chi connectivity index (χ0n) is 17.7. The molecule has 0 radical (unpaired) electrons. The number of hydrogen-bond donors (Lipinski definition) is 2. The molecule has 2 aliphatic heterocycles. The van der Waals surface area contributed by atoms with Crippen molar-refractivity contribution < 1.29 is 27.2 Å². The molecule has 1 atom stereocenters. The lowest BCUT2D eigenvalue weighted by Crippen LogP contribution is -2.51. The molecule has 2 N–H and O–H groups in total. The van der Waals surface area contributed by atoms with Crippen LogP contribution >= 0.6 is 0 Å². The van der Waals surface area contributed by atoms with E-state index in [0.29, 0.717) is 11.3 Å². The number of nitrogens with one attached hydrogen (secondary N) is 2. The molecule has 2 heterocycles. The van der Waals surface area contributed by atoms with Crippen LogP contribution in [0.2, 0.25) is 0 Å². The van der Waals surface area contributed by atoms with Gasteiger partial charge < -0.3 is 15.5 Å². The summed E-state index contributed by atoms with van der Waals surface area (Å²) >= 11 is 0. The summed E-state index contributed by atoms with van der Waals surface area (Å²) in [6.45, 7) is 0.630. The van der Waals surface area contributed by atoms with E-state index in [4.69, 9.17) is 0 Å². The van der Waals surface area contributed by atoms with Gasteiger partial charge in [-0.2, -0.15) is 4.31 Å². The summed E-state index contributed by atoms with van der Waals surface area (Å²) in [5, 5.41) is 5.36. The molecule has 0 aromatic heterocycles. The second-order valence-electron chi connectivity index (χ2n) is 7.84. The third-order valence-electron chi connectivity index (χ3n) is 5.74. The molecule has 33 heavy (non-hydrogen) atoms. The number of fused-ring (bicyclic) bond motifs is 1. The number of amides is 3. The van der Waals surface area contributed by atoms with Crippen LogP contribution in [-0.4, -0.2) is 67.6 Å². The molecule has 0 spiro atoms. The van der Waals surface area contributed by atoms with Gasteiger partial charge in [0, 0.05) is 32.6 Å². The first-order chi connectivity index (χ1) is 15.8. The monoisotopic (exact) mass is 474 g/mol. The Bertz CT molecular complexity index is 1180. The fourth-order valence-electron chi connectivity index (χ4n) is 3.87. The Morgan fingerprint density at radius 3 is 2.36 bits per heavy atom. The lowest BCUT2D eigenvalue weighted by atomic mass is 10.1. The smallest absolute Gasteiger partial charge is 0.254 e. The Labute approximate surface area is 190 Å². The fourth-order valence-corrected chi connectivity index (χ4v) is 5.30. The summed E-state index contributed by atoms with van der Waals surface area (Å²) < 4.78 is 39.8. The second-order valence-corrected chi connectivity index (χ2v) is 9.78. The van der Waals surface area contributed by atoms with E-state index < -0.39 is 27.8 Å². The van der Waals surface area contributed by atoms with Gasteiger partial charge in [-0.3, -0.25) is 14.4 Å². The Morgan fingerprint density at radius 1 is 1.00 bits per heavy atom. The van der Waals surface area contributed by atoms with Gasteiger partial charge in [-0.15, -0.1) is 0 Å². The van der Waals surface area contributed by atoms with E-state index in [1.165, 1.54) is 16.4 Å². The van der Waals surface area contributed by atoms with Crippen LogP contribution in [0.3, 0.4) is 0 Å². The number of sulfonamides is 1. The number of nitrogens with zero attached hydrogens (tertiary/aromatic N) is 2. The first-order valence-electron chi connectivity index (χ1n) is 10.5.